The fraction of sp³-hybridized carbons (Fsp3) is 0.240. The van der Waals surface area contributed by atoms with Crippen molar-refractivity contribution < 1.29 is 9.53 Å². The van der Waals surface area contributed by atoms with Crippen molar-refractivity contribution in [1.82, 2.24) is 9.97 Å². The van der Waals surface area contributed by atoms with Gasteiger partial charge in [-0.3, -0.25) is 4.79 Å². The predicted molar refractivity (Wildman–Crippen MR) is 129 cm³/mol. The standard InChI is InChI=1S/C25H27N5O2/c1-18-17-23(30-15-3-4-16-30)29-25(26-18)28-21-10-8-20(9-11-21)27-24(31)14-7-19-5-12-22(32-2)13-6-19/h5-14,17H,3-4,15-16H2,1-2H3,(H,27,31)(H,26,28,29)/b14-7+. The molecule has 0 atom stereocenters. The lowest BCUT2D eigenvalue weighted by Gasteiger charge is -2.17. The first-order valence-electron chi connectivity index (χ1n) is 10.7. The number of benzene rings is 2. The fourth-order valence-electron chi connectivity index (χ4n) is 3.55. The van der Waals surface area contributed by atoms with E-state index in [4.69, 9.17) is 4.74 Å². The molecule has 32 heavy (non-hydrogen) atoms. The van der Waals surface area contributed by atoms with Gasteiger partial charge in [-0.05, 0) is 67.8 Å². The summed E-state index contributed by atoms with van der Waals surface area (Å²) in [5.41, 5.74) is 3.42. The lowest BCUT2D eigenvalue weighted by molar-refractivity contribution is -0.111. The Bertz CT molecular complexity index is 1090. The monoisotopic (exact) mass is 429 g/mol. The maximum Gasteiger partial charge on any atom is 0.248 e. The third-order valence-corrected chi connectivity index (χ3v) is 5.22. The quantitative estimate of drug-likeness (QED) is 0.526. The van der Waals surface area contributed by atoms with Crippen LogP contribution in [-0.4, -0.2) is 36.1 Å². The molecule has 164 valence electrons. The highest BCUT2D eigenvalue weighted by molar-refractivity contribution is 6.02. The number of aromatic nitrogens is 2. The first-order valence-corrected chi connectivity index (χ1v) is 10.7. The summed E-state index contributed by atoms with van der Waals surface area (Å²) in [7, 11) is 1.62. The molecule has 1 aromatic heterocycles. The highest BCUT2D eigenvalue weighted by atomic mass is 16.5. The maximum atomic E-state index is 12.2. The van der Waals surface area contributed by atoms with Gasteiger partial charge in [-0.2, -0.15) is 4.98 Å². The van der Waals surface area contributed by atoms with E-state index in [2.05, 4.69) is 25.5 Å². The second kappa shape index (κ2) is 9.96. The van der Waals surface area contributed by atoms with Crippen LogP contribution < -0.4 is 20.3 Å². The van der Waals surface area contributed by atoms with Gasteiger partial charge in [0.2, 0.25) is 11.9 Å². The number of methoxy groups -OCH3 is 1. The molecule has 1 aliphatic heterocycles. The van der Waals surface area contributed by atoms with Crippen LogP contribution in [0.25, 0.3) is 6.08 Å². The van der Waals surface area contributed by atoms with Gasteiger partial charge in [-0.1, -0.05) is 12.1 Å². The zero-order chi connectivity index (χ0) is 22.3. The molecule has 1 aliphatic rings. The van der Waals surface area contributed by atoms with Gasteiger partial charge in [0, 0.05) is 42.3 Å². The lowest BCUT2D eigenvalue weighted by atomic mass is 10.2. The molecule has 7 nitrogen and oxygen atoms in total. The zero-order valence-electron chi connectivity index (χ0n) is 18.3. The molecule has 0 radical (unpaired) electrons. The predicted octanol–water partition coefficient (Wildman–Crippen LogP) is 4.79. The van der Waals surface area contributed by atoms with Crippen LogP contribution in [0, 0.1) is 6.92 Å². The molecule has 1 amide bonds. The number of carbonyl (C=O) groups is 1. The van der Waals surface area contributed by atoms with Crippen molar-refractivity contribution >= 4 is 35.1 Å². The Labute approximate surface area is 188 Å². The number of aryl methyl sites for hydroxylation is 1. The molecule has 2 aromatic carbocycles. The summed E-state index contributed by atoms with van der Waals surface area (Å²) in [6.45, 7) is 4.05. The van der Waals surface area contributed by atoms with Gasteiger partial charge in [-0.25, -0.2) is 4.98 Å². The molecule has 1 fully saturated rings. The minimum atomic E-state index is -0.196. The van der Waals surface area contributed by atoms with Gasteiger partial charge in [0.1, 0.15) is 11.6 Å². The van der Waals surface area contributed by atoms with E-state index in [0.717, 1.165) is 41.6 Å². The summed E-state index contributed by atoms with van der Waals surface area (Å²) in [5.74, 6) is 2.12. The van der Waals surface area contributed by atoms with E-state index < -0.39 is 0 Å². The van der Waals surface area contributed by atoms with E-state index >= 15 is 0 Å². The molecular formula is C25H27N5O2. The lowest BCUT2D eigenvalue weighted by Crippen LogP contribution is -2.19. The van der Waals surface area contributed by atoms with Crippen LogP contribution in [0.3, 0.4) is 0 Å². The van der Waals surface area contributed by atoms with E-state index in [-0.39, 0.29) is 5.91 Å². The molecule has 4 rings (SSSR count). The third kappa shape index (κ3) is 5.63. The van der Waals surface area contributed by atoms with Crippen LogP contribution in [0.2, 0.25) is 0 Å². The number of anilines is 4. The van der Waals surface area contributed by atoms with E-state index in [1.54, 1.807) is 13.2 Å². The Morgan fingerprint density at radius 1 is 1.00 bits per heavy atom. The molecule has 0 spiro atoms. The summed E-state index contributed by atoms with van der Waals surface area (Å²) >= 11 is 0. The number of nitrogens with one attached hydrogen (secondary N) is 2. The molecule has 0 unspecified atom stereocenters. The van der Waals surface area contributed by atoms with Gasteiger partial charge >= 0.3 is 0 Å². The molecule has 0 bridgehead atoms. The van der Waals surface area contributed by atoms with Gasteiger partial charge in [0.25, 0.3) is 0 Å². The fourth-order valence-corrected chi connectivity index (χ4v) is 3.55. The van der Waals surface area contributed by atoms with E-state index in [1.165, 1.54) is 18.9 Å². The smallest absolute Gasteiger partial charge is 0.248 e. The number of ether oxygens (including phenoxy) is 1. The SMILES string of the molecule is COc1ccc(/C=C/C(=O)Nc2ccc(Nc3nc(C)cc(N4CCCC4)n3)cc2)cc1. The molecule has 7 heteroatoms. The van der Waals surface area contributed by atoms with Crippen molar-refractivity contribution in [1.29, 1.82) is 0 Å². The largest absolute Gasteiger partial charge is 0.497 e. The number of hydrogen-bond acceptors (Lipinski definition) is 6. The van der Waals surface area contributed by atoms with Gasteiger partial charge < -0.3 is 20.3 Å². The van der Waals surface area contributed by atoms with Crippen LogP contribution in [0.5, 0.6) is 5.75 Å². The average molecular weight is 430 g/mol. The molecule has 0 saturated carbocycles. The highest BCUT2D eigenvalue weighted by Gasteiger charge is 2.15. The molecule has 2 heterocycles. The van der Waals surface area contributed by atoms with Crippen molar-refractivity contribution in [3.63, 3.8) is 0 Å². The summed E-state index contributed by atoms with van der Waals surface area (Å²) in [4.78, 5) is 23.7. The Balaban J connectivity index is 1.35. The average Bonchev–Trinajstić information content (AvgIpc) is 3.34. The number of hydrogen-bond donors (Lipinski definition) is 2. The minimum absolute atomic E-state index is 0.196. The second-order valence-electron chi connectivity index (χ2n) is 7.68. The maximum absolute atomic E-state index is 12.2. The molecule has 3 aromatic rings. The van der Waals surface area contributed by atoms with E-state index in [0.29, 0.717) is 11.6 Å². The zero-order valence-corrected chi connectivity index (χ0v) is 18.3. The van der Waals surface area contributed by atoms with Crippen LogP contribution >= 0.6 is 0 Å². The van der Waals surface area contributed by atoms with Gasteiger partial charge in [-0.15, -0.1) is 0 Å². The van der Waals surface area contributed by atoms with Crippen LogP contribution in [0.1, 0.15) is 24.1 Å². The van der Waals surface area contributed by atoms with Crippen LogP contribution in [-0.2, 0) is 4.79 Å². The first kappa shape index (κ1) is 21.4. The summed E-state index contributed by atoms with van der Waals surface area (Å²) in [6.07, 6.45) is 5.68. The van der Waals surface area contributed by atoms with Gasteiger partial charge in [0.05, 0.1) is 7.11 Å². The summed E-state index contributed by atoms with van der Waals surface area (Å²) in [5, 5.41) is 6.12. The highest BCUT2D eigenvalue weighted by Crippen LogP contribution is 2.22. The van der Waals surface area contributed by atoms with Crippen molar-refractivity contribution in [2.24, 2.45) is 0 Å². The van der Waals surface area contributed by atoms with Gasteiger partial charge in [0.15, 0.2) is 0 Å². The molecule has 2 N–H and O–H groups in total. The Kier molecular flexibility index (Phi) is 6.65. The normalized spacial score (nSPS) is 13.4. The van der Waals surface area contributed by atoms with E-state index in [9.17, 15) is 4.79 Å². The Morgan fingerprint density at radius 3 is 2.38 bits per heavy atom. The first-order chi connectivity index (χ1) is 15.6. The number of carbonyl (C=O) groups excluding carboxylic acids is 1. The summed E-state index contributed by atoms with van der Waals surface area (Å²) in [6, 6.07) is 17.0. The molecule has 0 aliphatic carbocycles. The van der Waals surface area contributed by atoms with Crippen LogP contribution in [0.4, 0.5) is 23.1 Å². The van der Waals surface area contributed by atoms with Crippen molar-refractivity contribution in [2.45, 2.75) is 19.8 Å². The molecular weight excluding hydrogens is 402 g/mol. The Hall–Kier alpha value is -3.87. The second-order valence-corrected chi connectivity index (χ2v) is 7.68. The van der Waals surface area contributed by atoms with E-state index in [1.807, 2.05) is 61.5 Å². The van der Waals surface area contributed by atoms with Crippen molar-refractivity contribution in [2.75, 3.05) is 35.7 Å². The number of amides is 1. The Morgan fingerprint density at radius 2 is 1.69 bits per heavy atom. The molecule has 1 saturated heterocycles. The third-order valence-electron chi connectivity index (χ3n) is 5.22. The van der Waals surface area contributed by atoms with Crippen LogP contribution in [0.15, 0.2) is 60.7 Å². The number of nitrogens with zero attached hydrogens (tertiary/aromatic N) is 3. The minimum Gasteiger partial charge on any atom is -0.497 e. The number of rotatable bonds is 7. The van der Waals surface area contributed by atoms with Crippen molar-refractivity contribution in [3.05, 3.63) is 71.9 Å². The topological polar surface area (TPSA) is 79.4 Å². The van der Waals surface area contributed by atoms with Crippen molar-refractivity contribution in [3.8, 4) is 5.75 Å². The summed E-state index contributed by atoms with van der Waals surface area (Å²) < 4.78 is 5.14.